The van der Waals surface area contributed by atoms with Crippen LogP contribution in [0.2, 0.25) is 5.02 Å². The van der Waals surface area contributed by atoms with Gasteiger partial charge in [0.25, 0.3) is 10.0 Å². The van der Waals surface area contributed by atoms with E-state index in [-0.39, 0.29) is 15.3 Å². The molecule has 0 aliphatic rings. The minimum absolute atomic E-state index is 0.0110. The molecule has 0 spiro atoms. The summed E-state index contributed by atoms with van der Waals surface area (Å²) < 4.78 is 41.6. The zero-order valence-corrected chi connectivity index (χ0v) is 16.5. The Bertz CT molecular complexity index is 1160. The first kappa shape index (κ1) is 20.1. The van der Waals surface area contributed by atoms with Crippen LogP contribution in [0.5, 0.6) is 0 Å². The van der Waals surface area contributed by atoms with Crippen molar-refractivity contribution in [1.82, 2.24) is 9.29 Å². The van der Waals surface area contributed by atoms with Crippen molar-refractivity contribution in [2.45, 2.75) is 18.0 Å². The van der Waals surface area contributed by atoms with Gasteiger partial charge in [0.15, 0.2) is 12.0 Å². The molecule has 0 saturated carbocycles. The maximum atomic E-state index is 14.2. The van der Waals surface area contributed by atoms with Crippen LogP contribution in [0.25, 0.3) is 10.9 Å². The summed E-state index contributed by atoms with van der Waals surface area (Å²) in [4.78, 5) is 10.9. The molecule has 0 saturated heterocycles. The third-order valence-corrected chi connectivity index (χ3v) is 5.92. The highest BCUT2D eigenvalue weighted by atomic mass is 35.5. The largest absolute Gasteiger partial charge is 0.368 e. The lowest BCUT2D eigenvalue weighted by atomic mass is 10.2. The molecule has 1 amide bonds. The summed E-state index contributed by atoms with van der Waals surface area (Å²) in [6, 6.07) is 10.1. The molecule has 10 heteroatoms. The van der Waals surface area contributed by atoms with E-state index in [1.807, 2.05) is 4.72 Å². The number of fused-ring (bicyclic) bond motifs is 1. The molecule has 148 valence electrons. The number of amides is 1. The molecule has 1 aromatic heterocycles. The standard InChI is InChI=1S/C18H17ClFN3O4S/c1-10(24)22-28(26,27)12-5-3-11(4-6-12)21-18(25)16-9-13-15(23(16)2)8-7-14(19)17(13)20/h3-9,18,21,25H,1-2H3,(H,22,24). The van der Waals surface area contributed by atoms with Crippen molar-refractivity contribution in [2.24, 2.45) is 7.05 Å². The molecule has 1 heterocycles. The van der Waals surface area contributed by atoms with Crippen molar-refractivity contribution in [1.29, 1.82) is 0 Å². The fraction of sp³-hybridized carbons (Fsp3) is 0.167. The van der Waals surface area contributed by atoms with E-state index in [0.717, 1.165) is 6.92 Å². The number of halogens is 2. The highest BCUT2D eigenvalue weighted by Crippen LogP contribution is 2.30. The second kappa shape index (κ2) is 7.42. The monoisotopic (exact) mass is 425 g/mol. The van der Waals surface area contributed by atoms with Crippen LogP contribution in [0.4, 0.5) is 10.1 Å². The van der Waals surface area contributed by atoms with Crippen molar-refractivity contribution in [3.63, 3.8) is 0 Å². The molecule has 3 N–H and O–H groups in total. The zero-order valence-electron chi connectivity index (χ0n) is 14.9. The van der Waals surface area contributed by atoms with E-state index in [1.54, 1.807) is 17.7 Å². The van der Waals surface area contributed by atoms with Crippen LogP contribution in [-0.4, -0.2) is 24.0 Å². The summed E-state index contributed by atoms with van der Waals surface area (Å²) in [5.41, 5.74) is 1.39. The van der Waals surface area contributed by atoms with Gasteiger partial charge >= 0.3 is 0 Å². The Morgan fingerprint density at radius 3 is 2.46 bits per heavy atom. The molecule has 0 aliphatic carbocycles. The summed E-state index contributed by atoms with van der Waals surface area (Å²) >= 11 is 5.80. The lowest BCUT2D eigenvalue weighted by Gasteiger charge is -2.16. The molecular formula is C18H17ClFN3O4S. The number of aromatic nitrogens is 1. The molecule has 0 radical (unpaired) electrons. The smallest absolute Gasteiger partial charge is 0.264 e. The van der Waals surface area contributed by atoms with Crippen LogP contribution >= 0.6 is 11.6 Å². The van der Waals surface area contributed by atoms with Crippen molar-refractivity contribution in [3.05, 3.63) is 59.0 Å². The van der Waals surface area contributed by atoms with Crippen LogP contribution in [0, 0.1) is 5.82 Å². The van der Waals surface area contributed by atoms with E-state index in [9.17, 15) is 22.7 Å². The van der Waals surface area contributed by atoms with Gasteiger partial charge in [-0.1, -0.05) is 11.6 Å². The fourth-order valence-corrected chi connectivity index (χ4v) is 4.00. The highest BCUT2D eigenvalue weighted by molar-refractivity contribution is 7.90. The maximum absolute atomic E-state index is 14.2. The lowest BCUT2D eigenvalue weighted by molar-refractivity contribution is -0.117. The topological polar surface area (TPSA) is 100 Å². The Kier molecular flexibility index (Phi) is 5.33. The van der Waals surface area contributed by atoms with Gasteiger partial charge in [0, 0.05) is 25.0 Å². The predicted molar refractivity (Wildman–Crippen MR) is 104 cm³/mol. The summed E-state index contributed by atoms with van der Waals surface area (Å²) in [7, 11) is -2.26. The molecule has 0 fully saturated rings. The number of nitrogens with zero attached hydrogens (tertiary/aromatic N) is 1. The second-order valence-electron chi connectivity index (χ2n) is 6.16. The van der Waals surface area contributed by atoms with E-state index < -0.39 is 28.0 Å². The first-order valence-electron chi connectivity index (χ1n) is 8.11. The number of hydrogen-bond acceptors (Lipinski definition) is 5. The third kappa shape index (κ3) is 3.82. The number of nitrogens with one attached hydrogen (secondary N) is 2. The SMILES string of the molecule is CC(=O)NS(=O)(=O)c1ccc(NC(O)c2cc3c(F)c(Cl)ccc3n2C)cc1. The number of aliphatic hydroxyl groups excluding tert-OH is 1. The molecule has 7 nitrogen and oxygen atoms in total. The van der Waals surface area contributed by atoms with Gasteiger partial charge in [0.1, 0.15) is 0 Å². The van der Waals surface area contributed by atoms with Crippen LogP contribution in [0.1, 0.15) is 18.8 Å². The molecule has 3 rings (SSSR count). The van der Waals surface area contributed by atoms with Gasteiger partial charge in [0.2, 0.25) is 5.91 Å². The first-order chi connectivity index (χ1) is 13.1. The Labute approximate surface area is 165 Å². The van der Waals surface area contributed by atoms with Gasteiger partial charge in [-0.25, -0.2) is 17.5 Å². The zero-order chi connectivity index (χ0) is 20.6. The van der Waals surface area contributed by atoms with Crippen LogP contribution < -0.4 is 10.0 Å². The average Bonchev–Trinajstić information content (AvgIpc) is 2.95. The number of carbonyl (C=O) groups excluding carboxylic acids is 1. The number of benzene rings is 2. The number of aliphatic hydroxyl groups is 1. The van der Waals surface area contributed by atoms with Gasteiger partial charge in [-0.05, 0) is 42.5 Å². The van der Waals surface area contributed by atoms with E-state index >= 15 is 0 Å². The number of hydrogen-bond donors (Lipinski definition) is 3. The summed E-state index contributed by atoms with van der Waals surface area (Å²) in [6.45, 7) is 1.10. The maximum Gasteiger partial charge on any atom is 0.264 e. The Morgan fingerprint density at radius 1 is 1.21 bits per heavy atom. The number of carbonyl (C=O) groups is 1. The number of aryl methyl sites for hydroxylation is 1. The highest BCUT2D eigenvalue weighted by Gasteiger charge is 2.19. The molecular weight excluding hydrogens is 409 g/mol. The van der Waals surface area contributed by atoms with E-state index in [1.165, 1.54) is 36.4 Å². The van der Waals surface area contributed by atoms with Gasteiger partial charge < -0.3 is 15.0 Å². The van der Waals surface area contributed by atoms with Crippen molar-refractivity contribution >= 4 is 44.1 Å². The summed E-state index contributed by atoms with van der Waals surface area (Å²) in [5.74, 6) is -1.26. The van der Waals surface area contributed by atoms with Crippen molar-refractivity contribution in [3.8, 4) is 0 Å². The first-order valence-corrected chi connectivity index (χ1v) is 9.97. The van der Waals surface area contributed by atoms with Crippen LogP contribution in [-0.2, 0) is 21.9 Å². The minimum atomic E-state index is -3.94. The number of rotatable bonds is 5. The van der Waals surface area contributed by atoms with Gasteiger partial charge in [-0.15, -0.1) is 0 Å². The minimum Gasteiger partial charge on any atom is -0.368 e. The molecule has 0 bridgehead atoms. The van der Waals surface area contributed by atoms with Crippen molar-refractivity contribution in [2.75, 3.05) is 5.32 Å². The molecule has 2 aromatic carbocycles. The Morgan fingerprint density at radius 2 is 1.86 bits per heavy atom. The van der Waals surface area contributed by atoms with E-state index in [2.05, 4.69) is 5.32 Å². The third-order valence-electron chi connectivity index (χ3n) is 4.18. The normalized spacial score (nSPS) is 12.8. The van der Waals surface area contributed by atoms with Crippen LogP contribution in [0.15, 0.2) is 47.4 Å². The van der Waals surface area contributed by atoms with Gasteiger partial charge in [0.05, 0.1) is 21.1 Å². The molecule has 28 heavy (non-hydrogen) atoms. The number of anilines is 1. The molecule has 0 aliphatic heterocycles. The van der Waals surface area contributed by atoms with Gasteiger partial charge in [-0.2, -0.15) is 0 Å². The van der Waals surface area contributed by atoms with Crippen molar-refractivity contribution < 1.29 is 22.7 Å². The fourth-order valence-electron chi connectivity index (χ4n) is 2.84. The molecule has 1 atom stereocenters. The second-order valence-corrected chi connectivity index (χ2v) is 8.24. The number of sulfonamides is 1. The van der Waals surface area contributed by atoms with Gasteiger partial charge in [-0.3, -0.25) is 4.79 Å². The Balaban J connectivity index is 1.85. The summed E-state index contributed by atoms with van der Waals surface area (Å²) in [6.07, 6.45) is -1.19. The van der Waals surface area contributed by atoms with E-state index in [0.29, 0.717) is 16.9 Å². The summed E-state index contributed by atoms with van der Waals surface area (Å²) in [5, 5.41) is 13.6. The predicted octanol–water partition coefficient (Wildman–Crippen LogP) is 2.90. The quantitative estimate of drug-likeness (QED) is 0.546. The molecule has 3 aromatic rings. The Hall–Kier alpha value is -2.62. The van der Waals surface area contributed by atoms with E-state index in [4.69, 9.17) is 11.6 Å². The lowest BCUT2D eigenvalue weighted by Crippen LogP contribution is -2.28. The molecule has 1 unspecified atom stereocenters. The average molecular weight is 426 g/mol. The van der Waals surface area contributed by atoms with Crippen LogP contribution in [0.3, 0.4) is 0 Å².